The van der Waals surface area contributed by atoms with Crippen LogP contribution in [0.3, 0.4) is 0 Å². The number of hydrogen-bond acceptors (Lipinski definition) is 7. The van der Waals surface area contributed by atoms with Gasteiger partial charge in [0.05, 0.1) is 18.6 Å². The van der Waals surface area contributed by atoms with Crippen LogP contribution in [0.25, 0.3) is 0 Å². The minimum absolute atomic E-state index is 0.0172. The second-order valence-corrected chi connectivity index (χ2v) is 11.4. The highest BCUT2D eigenvalue weighted by atomic mass is 16.6. The van der Waals surface area contributed by atoms with Crippen LogP contribution in [0.15, 0.2) is 23.8 Å². The van der Waals surface area contributed by atoms with Crippen LogP contribution < -0.4 is 0 Å². The van der Waals surface area contributed by atoms with E-state index in [0.29, 0.717) is 12.8 Å². The van der Waals surface area contributed by atoms with E-state index in [1.165, 1.54) is 13.0 Å². The number of ketones is 2. The van der Waals surface area contributed by atoms with E-state index in [1.807, 2.05) is 0 Å². The highest BCUT2D eigenvalue weighted by molar-refractivity contribution is 6.18. The number of esters is 1. The summed E-state index contributed by atoms with van der Waals surface area (Å²) in [5.41, 5.74) is -0.309. The van der Waals surface area contributed by atoms with Crippen LogP contribution >= 0.6 is 0 Å². The number of aliphatic hydroxyl groups excluding tert-OH is 2. The van der Waals surface area contributed by atoms with E-state index in [4.69, 9.17) is 9.47 Å². The van der Waals surface area contributed by atoms with Crippen molar-refractivity contribution in [2.24, 2.45) is 22.7 Å². The average molecular weight is 461 g/mol. The molecule has 0 aromatic rings. The Morgan fingerprint density at radius 3 is 2.67 bits per heavy atom. The molecule has 1 saturated heterocycles. The van der Waals surface area contributed by atoms with Crippen molar-refractivity contribution in [1.29, 1.82) is 0 Å². The summed E-state index contributed by atoms with van der Waals surface area (Å²) in [6, 6.07) is 0. The van der Waals surface area contributed by atoms with Crippen LogP contribution in [-0.2, 0) is 23.9 Å². The Kier molecular flexibility index (Phi) is 5.99. The molecular formula is C26H36O7. The van der Waals surface area contributed by atoms with E-state index in [-0.39, 0.29) is 58.9 Å². The Morgan fingerprint density at radius 2 is 2.00 bits per heavy atom. The molecule has 0 bridgehead atoms. The van der Waals surface area contributed by atoms with E-state index in [2.05, 4.69) is 27.4 Å². The highest BCUT2D eigenvalue weighted by Crippen LogP contribution is 2.64. The average Bonchev–Trinajstić information content (AvgIpc) is 3.46. The first kappa shape index (κ1) is 24.3. The van der Waals surface area contributed by atoms with Gasteiger partial charge in [-0.3, -0.25) is 14.4 Å². The van der Waals surface area contributed by atoms with Crippen molar-refractivity contribution in [3.05, 3.63) is 23.8 Å². The normalized spacial score (nSPS) is 40.4. The van der Waals surface area contributed by atoms with Gasteiger partial charge in [-0.25, -0.2) is 0 Å². The monoisotopic (exact) mass is 460 g/mol. The fourth-order valence-electron chi connectivity index (χ4n) is 6.82. The molecule has 4 aliphatic rings. The van der Waals surface area contributed by atoms with Crippen molar-refractivity contribution in [1.82, 2.24) is 0 Å². The molecule has 3 fully saturated rings. The van der Waals surface area contributed by atoms with Gasteiger partial charge in [-0.2, -0.15) is 0 Å². The molecule has 3 aliphatic carbocycles. The van der Waals surface area contributed by atoms with E-state index >= 15 is 0 Å². The molecule has 7 nitrogen and oxygen atoms in total. The molecule has 7 atom stereocenters. The first-order chi connectivity index (χ1) is 15.3. The standard InChI is InChI=1S/C26H36O7/c1-14-6-7-18-24(3,4)19(28)8-9-25(18,5)17(14)12-26-20(29)11-16(22(31)23(26)33-26)13-32-21(30)10-15(2)27/h11,15,17-19,23,27-28H,1,6-10,12-13H2,2-5H3/t15-,17-,18-,19+,23-,25+,26+/m0/s1. The number of epoxide rings is 1. The number of Topliss-reactive ketones (excluding diaryl/α,β-unsaturated/α-hetero) is 1. The van der Waals surface area contributed by atoms with Gasteiger partial charge >= 0.3 is 5.97 Å². The molecule has 0 spiro atoms. The lowest BCUT2D eigenvalue weighted by Gasteiger charge is -2.59. The maximum atomic E-state index is 13.2. The molecule has 7 heteroatoms. The summed E-state index contributed by atoms with van der Waals surface area (Å²) in [5, 5.41) is 19.9. The first-order valence-electron chi connectivity index (χ1n) is 12.0. The minimum atomic E-state index is -1.16. The molecule has 0 radical (unpaired) electrons. The van der Waals surface area contributed by atoms with Crippen LogP contribution in [0, 0.1) is 22.7 Å². The molecule has 1 heterocycles. The molecule has 0 aromatic carbocycles. The zero-order chi connectivity index (χ0) is 24.3. The molecule has 4 rings (SSSR count). The van der Waals surface area contributed by atoms with Gasteiger partial charge < -0.3 is 19.7 Å². The number of aliphatic hydroxyl groups is 2. The van der Waals surface area contributed by atoms with Crippen molar-refractivity contribution < 1.29 is 34.1 Å². The summed E-state index contributed by atoms with van der Waals surface area (Å²) < 4.78 is 10.9. The van der Waals surface area contributed by atoms with Gasteiger partial charge in [0, 0.05) is 5.57 Å². The van der Waals surface area contributed by atoms with Crippen molar-refractivity contribution in [2.75, 3.05) is 6.61 Å². The van der Waals surface area contributed by atoms with E-state index < -0.39 is 23.8 Å². The lowest BCUT2D eigenvalue weighted by atomic mass is 9.46. The van der Waals surface area contributed by atoms with Gasteiger partial charge in [0.15, 0.2) is 23.3 Å². The van der Waals surface area contributed by atoms with Crippen LogP contribution in [0.4, 0.5) is 0 Å². The summed E-state index contributed by atoms with van der Waals surface area (Å²) in [6.45, 7) is 12.0. The van der Waals surface area contributed by atoms with E-state index in [0.717, 1.165) is 24.8 Å². The lowest BCUT2D eigenvalue weighted by Crippen LogP contribution is -2.55. The van der Waals surface area contributed by atoms with Crippen molar-refractivity contribution in [3.8, 4) is 0 Å². The third-order valence-electron chi connectivity index (χ3n) is 8.88. The van der Waals surface area contributed by atoms with Crippen LogP contribution in [0.2, 0.25) is 0 Å². The van der Waals surface area contributed by atoms with Crippen LogP contribution in [-0.4, -0.2) is 58.3 Å². The topological polar surface area (TPSA) is 113 Å². The lowest BCUT2D eigenvalue weighted by molar-refractivity contribution is -0.145. The Labute approximate surface area is 195 Å². The van der Waals surface area contributed by atoms with Gasteiger partial charge in [-0.15, -0.1) is 0 Å². The van der Waals surface area contributed by atoms with Crippen molar-refractivity contribution >= 4 is 17.5 Å². The maximum Gasteiger partial charge on any atom is 0.308 e. The van der Waals surface area contributed by atoms with E-state index in [9.17, 15) is 24.6 Å². The highest BCUT2D eigenvalue weighted by Gasteiger charge is 2.69. The second kappa shape index (κ2) is 8.14. The zero-order valence-electron chi connectivity index (χ0n) is 20.1. The Bertz CT molecular complexity index is 916. The van der Waals surface area contributed by atoms with Gasteiger partial charge in [0.2, 0.25) is 0 Å². The number of fused-ring (bicyclic) bond motifs is 2. The smallest absolute Gasteiger partial charge is 0.308 e. The summed E-state index contributed by atoms with van der Waals surface area (Å²) in [4.78, 5) is 37.8. The third-order valence-corrected chi connectivity index (χ3v) is 8.88. The quantitative estimate of drug-likeness (QED) is 0.356. The summed E-state index contributed by atoms with van der Waals surface area (Å²) in [7, 11) is 0. The summed E-state index contributed by atoms with van der Waals surface area (Å²) >= 11 is 0. The van der Waals surface area contributed by atoms with Gasteiger partial charge in [0.1, 0.15) is 6.61 Å². The number of hydrogen-bond donors (Lipinski definition) is 2. The fraction of sp³-hybridized carbons (Fsp3) is 0.731. The summed E-state index contributed by atoms with van der Waals surface area (Å²) in [6.07, 6.45) is 2.80. The first-order valence-corrected chi connectivity index (χ1v) is 12.0. The zero-order valence-corrected chi connectivity index (χ0v) is 20.1. The Balaban J connectivity index is 1.52. The van der Waals surface area contributed by atoms with Gasteiger partial charge in [0.25, 0.3) is 0 Å². The second-order valence-electron chi connectivity index (χ2n) is 11.4. The van der Waals surface area contributed by atoms with Crippen molar-refractivity contribution in [2.45, 2.75) is 90.1 Å². The van der Waals surface area contributed by atoms with Crippen LogP contribution in [0.5, 0.6) is 0 Å². The molecule has 33 heavy (non-hydrogen) atoms. The van der Waals surface area contributed by atoms with Gasteiger partial charge in [-0.1, -0.05) is 32.9 Å². The molecule has 0 amide bonds. The maximum absolute atomic E-state index is 13.2. The number of carbonyl (C=O) groups excluding carboxylic acids is 3. The Hall–Kier alpha value is -1.83. The minimum Gasteiger partial charge on any atom is -0.461 e. The predicted molar refractivity (Wildman–Crippen MR) is 120 cm³/mol. The molecule has 2 saturated carbocycles. The number of allylic oxidation sites excluding steroid dienone is 1. The molecule has 2 N–H and O–H groups in total. The van der Waals surface area contributed by atoms with E-state index in [1.54, 1.807) is 0 Å². The number of carbonyl (C=O) groups is 3. The number of ether oxygens (including phenoxy) is 2. The Morgan fingerprint density at radius 1 is 1.30 bits per heavy atom. The summed E-state index contributed by atoms with van der Waals surface area (Å²) in [5.74, 6) is -0.904. The predicted octanol–water partition coefficient (Wildman–Crippen LogP) is 2.68. The largest absolute Gasteiger partial charge is 0.461 e. The molecule has 0 unspecified atom stereocenters. The van der Waals surface area contributed by atoms with Gasteiger partial charge in [-0.05, 0) is 67.8 Å². The van der Waals surface area contributed by atoms with Crippen LogP contribution in [0.1, 0.15) is 66.2 Å². The molecular weight excluding hydrogens is 424 g/mol. The third kappa shape index (κ3) is 3.92. The molecule has 0 aromatic heterocycles. The SMILES string of the molecule is C=C1CC[C@H]2C(C)(C)[C@H](O)CC[C@]2(C)[C@H]1C[C@]12O[C@H]1C(=O)C(COC(=O)C[C@H](C)O)=CC2=O. The fourth-order valence-corrected chi connectivity index (χ4v) is 6.82. The number of rotatable bonds is 6. The van der Waals surface area contributed by atoms with Crippen molar-refractivity contribution in [3.63, 3.8) is 0 Å². The molecule has 182 valence electrons. The molecule has 1 aliphatic heterocycles.